The van der Waals surface area contributed by atoms with Crippen molar-refractivity contribution in [1.29, 1.82) is 0 Å². The molecule has 0 spiro atoms. The third-order valence-corrected chi connectivity index (χ3v) is 6.05. The van der Waals surface area contributed by atoms with Crippen LogP contribution in [0.1, 0.15) is 48.3 Å². The number of esters is 1. The Morgan fingerprint density at radius 1 is 1.05 bits per heavy atom. The summed E-state index contributed by atoms with van der Waals surface area (Å²) in [6.07, 6.45) is 2.43. The minimum Gasteiger partial charge on any atom is -0.489 e. The lowest BCUT2D eigenvalue weighted by molar-refractivity contribution is 0.0513. The zero-order chi connectivity index (χ0) is 27.2. The fourth-order valence-electron chi connectivity index (χ4n) is 4.12. The number of pyridine rings is 1. The van der Waals surface area contributed by atoms with Gasteiger partial charge in [0.25, 0.3) is 0 Å². The molecule has 4 rings (SSSR count). The van der Waals surface area contributed by atoms with E-state index in [9.17, 15) is 9.18 Å². The van der Waals surface area contributed by atoms with Crippen LogP contribution in [0.25, 0.3) is 22.4 Å². The molecule has 0 saturated heterocycles. The quantitative estimate of drug-likeness (QED) is 0.269. The van der Waals surface area contributed by atoms with Crippen molar-refractivity contribution in [2.75, 3.05) is 13.2 Å². The summed E-state index contributed by atoms with van der Waals surface area (Å²) < 4.78 is 42.8. The summed E-state index contributed by atoms with van der Waals surface area (Å²) in [5.41, 5.74) is 8.20. The van der Waals surface area contributed by atoms with Crippen molar-refractivity contribution in [1.82, 2.24) is 14.8 Å². The van der Waals surface area contributed by atoms with E-state index in [0.29, 0.717) is 11.7 Å². The molecule has 9 heteroatoms. The third kappa shape index (κ3) is 5.73. The Hall–Kier alpha value is -4.11. The average Bonchev–Trinajstić information content (AvgIpc) is 3.27. The number of carbonyl (C=O) groups is 1. The van der Waals surface area contributed by atoms with E-state index < -0.39 is 17.6 Å². The number of hydrogen-bond donors (Lipinski definition) is 1. The molecule has 2 aromatic carbocycles. The van der Waals surface area contributed by atoms with Gasteiger partial charge in [-0.2, -0.15) is 5.10 Å². The fourth-order valence-corrected chi connectivity index (χ4v) is 4.12. The predicted molar refractivity (Wildman–Crippen MR) is 141 cm³/mol. The SMILES string of the molecule is CCOC(=O)c1c(-c2ccc(OCc3ccc(C(C)C)cc3)cc2F)c(-c2ccncc2F)nn1CCN. The summed E-state index contributed by atoms with van der Waals surface area (Å²) in [6.45, 7) is 6.56. The molecule has 0 bridgehead atoms. The minimum atomic E-state index is -0.714. The van der Waals surface area contributed by atoms with Gasteiger partial charge in [0.1, 0.15) is 23.9 Å². The standard InChI is InChI=1S/C29H30F2N4O3/c1-4-37-29(36)28-26(27(34-35(28)14-12-32)23-11-13-33-16-25(23)31)22-10-9-21(15-24(22)30)38-17-19-5-7-20(8-6-19)18(2)3/h5-11,13,15-16,18H,4,12,14,17,32H2,1-3H3. The van der Waals surface area contributed by atoms with E-state index in [0.717, 1.165) is 11.8 Å². The average molecular weight is 521 g/mol. The topological polar surface area (TPSA) is 92.3 Å². The lowest BCUT2D eigenvalue weighted by Crippen LogP contribution is -2.18. The van der Waals surface area contributed by atoms with Gasteiger partial charge in [-0.1, -0.05) is 38.1 Å². The first-order valence-corrected chi connectivity index (χ1v) is 12.4. The van der Waals surface area contributed by atoms with Crippen LogP contribution in [0.4, 0.5) is 8.78 Å². The molecule has 2 aromatic heterocycles. The van der Waals surface area contributed by atoms with Crippen LogP contribution in [-0.2, 0) is 17.9 Å². The van der Waals surface area contributed by atoms with E-state index in [-0.39, 0.29) is 54.4 Å². The highest BCUT2D eigenvalue weighted by Crippen LogP contribution is 2.38. The van der Waals surface area contributed by atoms with E-state index in [2.05, 4.69) is 23.9 Å². The number of carbonyl (C=O) groups excluding carboxylic acids is 1. The molecule has 0 aliphatic rings. The van der Waals surface area contributed by atoms with Crippen LogP contribution in [0, 0.1) is 11.6 Å². The van der Waals surface area contributed by atoms with E-state index in [4.69, 9.17) is 15.2 Å². The van der Waals surface area contributed by atoms with Gasteiger partial charge < -0.3 is 15.2 Å². The van der Waals surface area contributed by atoms with E-state index in [1.54, 1.807) is 13.0 Å². The van der Waals surface area contributed by atoms with Gasteiger partial charge in [0.05, 0.1) is 19.3 Å². The van der Waals surface area contributed by atoms with Crippen LogP contribution in [0.15, 0.2) is 60.9 Å². The second kappa shape index (κ2) is 12.0. The number of halogens is 2. The monoisotopic (exact) mass is 520 g/mol. The first-order valence-electron chi connectivity index (χ1n) is 12.4. The van der Waals surface area contributed by atoms with Crippen LogP contribution in [-0.4, -0.2) is 33.9 Å². The van der Waals surface area contributed by atoms with Crippen LogP contribution < -0.4 is 10.5 Å². The molecule has 2 N–H and O–H groups in total. The highest BCUT2D eigenvalue weighted by molar-refractivity contribution is 6.00. The normalized spacial score (nSPS) is 11.1. The molecular weight excluding hydrogens is 490 g/mol. The molecule has 4 aromatic rings. The van der Waals surface area contributed by atoms with E-state index >= 15 is 4.39 Å². The summed E-state index contributed by atoms with van der Waals surface area (Å²) in [5.74, 6) is -1.31. The molecule has 0 atom stereocenters. The van der Waals surface area contributed by atoms with Gasteiger partial charge in [-0.3, -0.25) is 9.67 Å². The number of hydrogen-bond acceptors (Lipinski definition) is 6. The van der Waals surface area contributed by atoms with Gasteiger partial charge in [-0.25, -0.2) is 13.6 Å². The highest BCUT2D eigenvalue weighted by atomic mass is 19.1. The van der Waals surface area contributed by atoms with Crippen molar-refractivity contribution in [3.63, 3.8) is 0 Å². The number of aromatic nitrogens is 3. The maximum absolute atomic E-state index is 15.6. The first kappa shape index (κ1) is 26.9. The first-order chi connectivity index (χ1) is 18.3. The second-order valence-corrected chi connectivity index (χ2v) is 8.99. The van der Waals surface area contributed by atoms with Crippen molar-refractivity contribution in [3.8, 4) is 28.1 Å². The Kier molecular flexibility index (Phi) is 8.48. The molecule has 0 aliphatic heterocycles. The van der Waals surface area contributed by atoms with E-state index in [1.807, 2.05) is 24.3 Å². The Morgan fingerprint density at radius 3 is 2.45 bits per heavy atom. The van der Waals surface area contributed by atoms with Crippen LogP contribution in [0.3, 0.4) is 0 Å². The van der Waals surface area contributed by atoms with Gasteiger partial charge in [0, 0.05) is 35.5 Å². The van der Waals surface area contributed by atoms with Crippen molar-refractivity contribution in [2.24, 2.45) is 5.73 Å². The number of nitrogens with two attached hydrogens (primary N) is 1. The number of benzene rings is 2. The van der Waals surface area contributed by atoms with Gasteiger partial charge in [-0.05, 0) is 42.2 Å². The summed E-state index contributed by atoms with van der Waals surface area (Å²) in [6, 6.07) is 13.8. The number of rotatable bonds is 10. The molecule has 0 fully saturated rings. The minimum absolute atomic E-state index is 0.0127. The lowest BCUT2D eigenvalue weighted by atomic mass is 9.98. The molecule has 0 aliphatic carbocycles. The number of ether oxygens (including phenoxy) is 2. The second-order valence-electron chi connectivity index (χ2n) is 8.99. The Bertz CT molecular complexity index is 1420. The van der Waals surface area contributed by atoms with Crippen molar-refractivity contribution < 1.29 is 23.0 Å². The van der Waals surface area contributed by atoms with Crippen molar-refractivity contribution >= 4 is 5.97 Å². The maximum Gasteiger partial charge on any atom is 0.357 e. The molecule has 7 nitrogen and oxygen atoms in total. The van der Waals surface area contributed by atoms with Gasteiger partial charge in [0.2, 0.25) is 0 Å². The Balaban J connectivity index is 1.74. The maximum atomic E-state index is 15.6. The molecule has 0 unspecified atom stereocenters. The van der Waals surface area contributed by atoms with Crippen LogP contribution in [0.5, 0.6) is 5.75 Å². The van der Waals surface area contributed by atoms with E-state index in [1.165, 1.54) is 34.6 Å². The van der Waals surface area contributed by atoms with Crippen LogP contribution >= 0.6 is 0 Å². The van der Waals surface area contributed by atoms with Crippen LogP contribution in [0.2, 0.25) is 0 Å². The lowest BCUT2D eigenvalue weighted by Gasteiger charge is -2.12. The summed E-state index contributed by atoms with van der Waals surface area (Å²) in [5, 5.41) is 4.44. The summed E-state index contributed by atoms with van der Waals surface area (Å²) >= 11 is 0. The molecule has 0 saturated carbocycles. The zero-order valence-corrected chi connectivity index (χ0v) is 21.6. The van der Waals surface area contributed by atoms with Gasteiger partial charge in [0.15, 0.2) is 11.5 Å². The van der Waals surface area contributed by atoms with Gasteiger partial charge >= 0.3 is 5.97 Å². The van der Waals surface area contributed by atoms with Crippen molar-refractivity contribution in [2.45, 2.75) is 39.8 Å². The smallest absolute Gasteiger partial charge is 0.357 e. The fraction of sp³-hybridized carbons (Fsp3) is 0.276. The molecular formula is C29H30F2N4O3. The largest absolute Gasteiger partial charge is 0.489 e. The van der Waals surface area contributed by atoms with Crippen molar-refractivity contribution in [3.05, 3.63) is 89.4 Å². The molecule has 198 valence electrons. The third-order valence-electron chi connectivity index (χ3n) is 6.05. The molecule has 38 heavy (non-hydrogen) atoms. The number of nitrogens with zero attached hydrogens (tertiary/aromatic N) is 3. The molecule has 0 amide bonds. The summed E-state index contributed by atoms with van der Waals surface area (Å²) in [4.78, 5) is 16.8. The zero-order valence-electron chi connectivity index (χ0n) is 21.6. The van der Waals surface area contributed by atoms with Gasteiger partial charge in [-0.15, -0.1) is 0 Å². The predicted octanol–water partition coefficient (Wildman–Crippen LogP) is 5.73. The Morgan fingerprint density at radius 2 is 1.82 bits per heavy atom. The highest BCUT2D eigenvalue weighted by Gasteiger charge is 2.29. The Labute approximate surface area is 220 Å². The molecule has 2 heterocycles. The molecule has 0 radical (unpaired) electrons. The summed E-state index contributed by atoms with van der Waals surface area (Å²) in [7, 11) is 0.